The molecule has 1 aliphatic heterocycles. The first-order chi connectivity index (χ1) is 17.8. The number of nitrogens with one attached hydrogen (secondary N) is 1. The molecule has 0 radical (unpaired) electrons. The summed E-state index contributed by atoms with van der Waals surface area (Å²) in [7, 11) is 0. The van der Waals surface area contributed by atoms with Gasteiger partial charge in [-0.3, -0.25) is 4.79 Å². The monoisotopic (exact) mass is 533 g/mol. The molecule has 2 aromatic carbocycles. The lowest BCUT2D eigenvalue weighted by Gasteiger charge is -2.42. The molecule has 1 unspecified atom stereocenters. The zero-order chi connectivity index (χ0) is 26.8. The predicted octanol–water partition coefficient (Wildman–Crippen LogP) is 2.29. The smallest absolute Gasteiger partial charge is 0.364 e. The summed E-state index contributed by atoms with van der Waals surface area (Å²) < 4.78 is 11.2. The summed E-state index contributed by atoms with van der Waals surface area (Å²) in [5, 5.41) is 43.8. The second-order valence-corrected chi connectivity index (χ2v) is 10.3. The molecule has 2 aromatic rings. The number of carboxylic acid groups (broad SMARTS) is 1. The SMILES string of the molecule is CCSCCCO[C@]1(C(=O)O)CC(O)C[C@H]([C@H](O)[C@H](O)CNC(=O)c2ccc(-c3ccccc3)cc2)O1. The Morgan fingerprint density at radius 2 is 1.81 bits per heavy atom. The Kier molecular flexibility index (Phi) is 10.9. The Labute approximate surface area is 220 Å². The van der Waals surface area contributed by atoms with E-state index in [1.165, 1.54) is 0 Å². The average Bonchev–Trinajstić information content (AvgIpc) is 2.91. The maximum atomic E-state index is 12.6. The van der Waals surface area contributed by atoms with Crippen LogP contribution in [0.5, 0.6) is 0 Å². The second kappa shape index (κ2) is 13.9. The van der Waals surface area contributed by atoms with Gasteiger partial charge in [-0.15, -0.1) is 0 Å². The Balaban J connectivity index is 1.56. The van der Waals surface area contributed by atoms with Gasteiger partial charge in [-0.1, -0.05) is 49.4 Å². The molecule has 3 rings (SSSR count). The topological polar surface area (TPSA) is 146 Å². The second-order valence-electron chi connectivity index (χ2n) is 8.92. The summed E-state index contributed by atoms with van der Waals surface area (Å²) in [6, 6.07) is 16.7. The molecular weight excluding hydrogens is 498 g/mol. The maximum absolute atomic E-state index is 12.6. The van der Waals surface area contributed by atoms with Gasteiger partial charge in [-0.05, 0) is 41.2 Å². The van der Waals surface area contributed by atoms with Crippen molar-refractivity contribution >= 4 is 23.6 Å². The number of carboxylic acids is 1. The number of hydrogen-bond acceptors (Lipinski definition) is 8. The van der Waals surface area contributed by atoms with Crippen LogP contribution < -0.4 is 5.32 Å². The summed E-state index contributed by atoms with van der Waals surface area (Å²) in [5.41, 5.74) is 2.35. The average molecular weight is 534 g/mol. The van der Waals surface area contributed by atoms with Gasteiger partial charge in [0.2, 0.25) is 0 Å². The molecule has 5 atom stereocenters. The van der Waals surface area contributed by atoms with Crippen LogP contribution in [0, 0.1) is 0 Å². The lowest BCUT2D eigenvalue weighted by molar-refractivity contribution is -0.304. The number of thioether (sulfide) groups is 1. The van der Waals surface area contributed by atoms with Crippen LogP contribution >= 0.6 is 11.8 Å². The third kappa shape index (κ3) is 8.00. The van der Waals surface area contributed by atoms with Crippen molar-refractivity contribution in [2.75, 3.05) is 24.7 Å². The number of carbonyl (C=O) groups is 2. The highest BCUT2D eigenvalue weighted by atomic mass is 32.2. The van der Waals surface area contributed by atoms with Crippen LogP contribution in [0.2, 0.25) is 0 Å². The molecule has 0 aromatic heterocycles. The third-order valence-electron chi connectivity index (χ3n) is 6.15. The molecule has 0 spiro atoms. The van der Waals surface area contributed by atoms with E-state index >= 15 is 0 Å². The van der Waals surface area contributed by atoms with Gasteiger partial charge in [-0.25, -0.2) is 4.79 Å². The standard InChI is InChI=1S/C27H35NO8S/c1-2-37-14-6-13-35-27(26(33)34)16-21(29)15-23(36-27)24(31)22(30)17-28-25(32)20-11-9-19(10-12-20)18-7-4-3-5-8-18/h3-5,7-12,21-24,29-31H,2,6,13-17H2,1H3,(H,28,32)(H,33,34)/t21?,22-,23-,24-,27-/m1/s1. The number of aliphatic hydroxyl groups excluding tert-OH is 3. The van der Waals surface area contributed by atoms with Crippen molar-refractivity contribution in [2.24, 2.45) is 0 Å². The van der Waals surface area contributed by atoms with Crippen molar-refractivity contribution in [1.82, 2.24) is 5.32 Å². The van der Waals surface area contributed by atoms with Crippen LogP contribution in [-0.2, 0) is 14.3 Å². The number of aliphatic carboxylic acids is 1. The van der Waals surface area contributed by atoms with Gasteiger partial charge in [-0.2, -0.15) is 11.8 Å². The highest BCUT2D eigenvalue weighted by Crippen LogP contribution is 2.33. The normalized spacial score (nSPS) is 23.2. The van der Waals surface area contributed by atoms with E-state index in [4.69, 9.17) is 9.47 Å². The quantitative estimate of drug-likeness (QED) is 0.245. The van der Waals surface area contributed by atoms with Crippen LogP contribution in [0.4, 0.5) is 0 Å². The van der Waals surface area contributed by atoms with E-state index in [-0.39, 0.29) is 26.0 Å². The van der Waals surface area contributed by atoms with Gasteiger partial charge in [0.25, 0.3) is 11.7 Å². The minimum absolute atomic E-state index is 0.0861. The number of aliphatic hydroxyl groups is 3. The van der Waals surface area contributed by atoms with E-state index in [9.17, 15) is 30.0 Å². The predicted molar refractivity (Wildman–Crippen MR) is 140 cm³/mol. The Morgan fingerprint density at radius 1 is 1.14 bits per heavy atom. The molecular formula is C27H35NO8S. The fourth-order valence-corrected chi connectivity index (χ4v) is 4.77. The largest absolute Gasteiger partial charge is 0.477 e. The first kappa shape index (κ1) is 29.1. The number of hydrogen-bond donors (Lipinski definition) is 5. The van der Waals surface area contributed by atoms with E-state index in [0.717, 1.165) is 22.6 Å². The van der Waals surface area contributed by atoms with Gasteiger partial charge in [0, 0.05) is 24.9 Å². The minimum Gasteiger partial charge on any atom is -0.477 e. The fourth-order valence-electron chi connectivity index (χ4n) is 4.16. The number of carbonyl (C=O) groups excluding carboxylic acids is 1. The van der Waals surface area contributed by atoms with Crippen molar-refractivity contribution in [2.45, 2.75) is 56.4 Å². The molecule has 9 nitrogen and oxygen atoms in total. The molecule has 0 bridgehead atoms. The Bertz CT molecular complexity index is 1010. The van der Waals surface area contributed by atoms with E-state index < -0.39 is 42.1 Å². The number of benzene rings is 2. The van der Waals surface area contributed by atoms with Crippen LogP contribution in [0.15, 0.2) is 54.6 Å². The van der Waals surface area contributed by atoms with Gasteiger partial charge >= 0.3 is 5.97 Å². The van der Waals surface area contributed by atoms with E-state index in [0.29, 0.717) is 12.0 Å². The summed E-state index contributed by atoms with van der Waals surface area (Å²) in [6.45, 7) is 1.83. The highest BCUT2D eigenvalue weighted by molar-refractivity contribution is 7.99. The zero-order valence-corrected chi connectivity index (χ0v) is 21.6. The summed E-state index contributed by atoms with van der Waals surface area (Å²) in [4.78, 5) is 24.6. The lowest BCUT2D eigenvalue weighted by Crippen LogP contribution is -2.58. The first-order valence-electron chi connectivity index (χ1n) is 12.4. The number of amides is 1. The van der Waals surface area contributed by atoms with Gasteiger partial charge in [0.1, 0.15) is 6.10 Å². The molecule has 5 N–H and O–H groups in total. The van der Waals surface area contributed by atoms with E-state index in [2.05, 4.69) is 5.32 Å². The summed E-state index contributed by atoms with van der Waals surface area (Å²) in [6.07, 6.45) is -5.12. The van der Waals surface area contributed by atoms with E-state index in [1.807, 2.05) is 49.4 Å². The summed E-state index contributed by atoms with van der Waals surface area (Å²) >= 11 is 1.69. The molecule has 1 saturated heterocycles. The van der Waals surface area contributed by atoms with E-state index in [1.54, 1.807) is 23.9 Å². The van der Waals surface area contributed by atoms with Crippen molar-refractivity contribution in [3.05, 3.63) is 60.2 Å². The van der Waals surface area contributed by atoms with Crippen LogP contribution in [0.3, 0.4) is 0 Å². The van der Waals surface area contributed by atoms with Gasteiger partial charge < -0.3 is 35.2 Å². The Morgan fingerprint density at radius 3 is 2.46 bits per heavy atom. The summed E-state index contributed by atoms with van der Waals surface area (Å²) in [5.74, 6) is -2.25. The lowest BCUT2D eigenvalue weighted by atomic mass is 9.93. The first-order valence-corrected chi connectivity index (χ1v) is 13.5. The molecule has 1 heterocycles. The molecule has 10 heteroatoms. The van der Waals surface area contributed by atoms with Crippen molar-refractivity contribution in [3.63, 3.8) is 0 Å². The highest BCUT2D eigenvalue weighted by Gasteiger charge is 2.51. The van der Waals surface area contributed by atoms with Crippen molar-refractivity contribution in [3.8, 4) is 11.1 Å². The van der Waals surface area contributed by atoms with Crippen LogP contribution in [0.1, 0.15) is 36.5 Å². The molecule has 1 amide bonds. The van der Waals surface area contributed by atoms with Crippen LogP contribution in [0.25, 0.3) is 11.1 Å². The molecule has 0 saturated carbocycles. The fraction of sp³-hybridized carbons (Fsp3) is 0.481. The zero-order valence-electron chi connectivity index (χ0n) is 20.8. The van der Waals surface area contributed by atoms with Crippen LogP contribution in [-0.4, -0.2) is 87.2 Å². The Hall–Kier alpha value is -2.47. The molecule has 37 heavy (non-hydrogen) atoms. The molecule has 1 fully saturated rings. The third-order valence-corrected chi connectivity index (χ3v) is 7.14. The minimum atomic E-state index is -2.12. The molecule has 202 valence electrons. The molecule has 1 aliphatic rings. The van der Waals surface area contributed by atoms with Gasteiger partial charge in [0.05, 0.1) is 24.9 Å². The maximum Gasteiger partial charge on any atom is 0.364 e. The number of rotatable bonds is 13. The van der Waals surface area contributed by atoms with Crippen molar-refractivity contribution in [1.29, 1.82) is 0 Å². The molecule has 0 aliphatic carbocycles. The van der Waals surface area contributed by atoms with Crippen molar-refractivity contribution < 1.29 is 39.5 Å². The number of ether oxygens (including phenoxy) is 2. The van der Waals surface area contributed by atoms with Gasteiger partial charge in [0.15, 0.2) is 0 Å².